The van der Waals surface area contributed by atoms with E-state index >= 15 is 0 Å². The Hall–Kier alpha value is -0.860. The fourth-order valence-corrected chi connectivity index (χ4v) is 2.03. The largest absolute Gasteiger partial charge is 0.393 e. The lowest BCUT2D eigenvalue weighted by molar-refractivity contribution is -0.0190. The van der Waals surface area contributed by atoms with Crippen molar-refractivity contribution in [3.63, 3.8) is 0 Å². The zero-order chi connectivity index (χ0) is 13.8. The second-order valence-electron chi connectivity index (χ2n) is 5.92. The zero-order valence-electron chi connectivity index (χ0n) is 12.2. The summed E-state index contributed by atoms with van der Waals surface area (Å²) in [6, 6.07) is 8.51. The Kier molecular flexibility index (Phi) is 5.36. The van der Waals surface area contributed by atoms with E-state index in [0.717, 1.165) is 0 Å². The maximum absolute atomic E-state index is 10.1. The third-order valence-electron chi connectivity index (χ3n) is 3.40. The van der Waals surface area contributed by atoms with E-state index in [1.54, 1.807) is 7.11 Å². The average molecular weight is 250 g/mol. The van der Waals surface area contributed by atoms with Crippen molar-refractivity contribution in [2.45, 2.75) is 58.2 Å². The van der Waals surface area contributed by atoms with Gasteiger partial charge < -0.3 is 9.84 Å². The van der Waals surface area contributed by atoms with Crippen molar-refractivity contribution in [3.8, 4) is 0 Å². The van der Waals surface area contributed by atoms with Gasteiger partial charge in [0.15, 0.2) is 0 Å². The SMILES string of the molecule is COC(C)(C)CC(O)Cc1ccc(C(C)C)cc1. The minimum atomic E-state index is -0.357. The highest BCUT2D eigenvalue weighted by Crippen LogP contribution is 2.19. The van der Waals surface area contributed by atoms with E-state index in [0.29, 0.717) is 18.8 Å². The van der Waals surface area contributed by atoms with Crippen LogP contribution in [0.4, 0.5) is 0 Å². The summed E-state index contributed by atoms with van der Waals surface area (Å²) in [7, 11) is 1.68. The van der Waals surface area contributed by atoms with Gasteiger partial charge in [-0.25, -0.2) is 0 Å². The molecule has 1 unspecified atom stereocenters. The van der Waals surface area contributed by atoms with E-state index in [1.165, 1.54) is 11.1 Å². The van der Waals surface area contributed by atoms with Gasteiger partial charge in [-0.15, -0.1) is 0 Å². The Labute approximate surface area is 111 Å². The average Bonchev–Trinajstić information content (AvgIpc) is 2.29. The first kappa shape index (κ1) is 15.2. The van der Waals surface area contributed by atoms with E-state index in [4.69, 9.17) is 4.74 Å². The third kappa shape index (κ3) is 4.79. The van der Waals surface area contributed by atoms with E-state index in [2.05, 4.69) is 38.1 Å². The second kappa shape index (κ2) is 6.35. The van der Waals surface area contributed by atoms with Crippen molar-refractivity contribution in [2.75, 3.05) is 7.11 Å². The molecule has 0 fully saturated rings. The van der Waals surface area contributed by atoms with Crippen LogP contribution in [0.1, 0.15) is 51.2 Å². The van der Waals surface area contributed by atoms with Crippen LogP contribution in [0.2, 0.25) is 0 Å². The van der Waals surface area contributed by atoms with Gasteiger partial charge in [0.1, 0.15) is 0 Å². The van der Waals surface area contributed by atoms with Crippen molar-refractivity contribution in [1.29, 1.82) is 0 Å². The molecule has 18 heavy (non-hydrogen) atoms. The highest BCUT2D eigenvalue weighted by atomic mass is 16.5. The molecule has 0 aliphatic rings. The van der Waals surface area contributed by atoms with E-state index in [9.17, 15) is 5.11 Å². The Bertz CT molecular complexity index is 352. The topological polar surface area (TPSA) is 29.5 Å². The van der Waals surface area contributed by atoms with E-state index in [1.807, 2.05) is 13.8 Å². The summed E-state index contributed by atoms with van der Waals surface area (Å²) in [4.78, 5) is 0. The molecule has 0 spiro atoms. The Morgan fingerprint density at radius 1 is 1.17 bits per heavy atom. The third-order valence-corrected chi connectivity index (χ3v) is 3.40. The molecule has 1 rings (SSSR count). The molecule has 1 aromatic carbocycles. The van der Waals surface area contributed by atoms with Crippen molar-refractivity contribution >= 4 is 0 Å². The number of benzene rings is 1. The van der Waals surface area contributed by atoms with Crippen molar-refractivity contribution in [1.82, 2.24) is 0 Å². The molecule has 1 N–H and O–H groups in total. The highest BCUT2D eigenvalue weighted by Gasteiger charge is 2.21. The molecule has 0 saturated carbocycles. The number of ether oxygens (including phenoxy) is 1. The van der Waals surface area contributed by atoms with Crippen LogP contribution in [0.5, 0.6) is 0 Å². The number of rotatable bonds is 6. The van der Waals surface area contributed by atoms with Gasteiger partial charge in [-0.05, 0) is 37.3 Å². The number of aliphatic hydroxyl groups excluding tert-OH is 1. The Morgan fingerprint density at radius 2 is 1.72 bits per heavy atom. The maximum atomic E-state index is 10.1. The minimum absolute atomic E-state index is 0.267. The maximum Gasteiger partial charge on any atom is 0.0647 e. The molecule has 0 aliphatic heterocycles. The number of hydrogen-bond donors (Lipinski definition) is 1. The van der Waals surface area contributed by atoms with Gasteiger partial charge in [0, 0.05) is 13.5 Å². The highest BCUT2D eigenvalue weighted by molar-refractivity contribution is 5.25. The van der Waals surface area contributed by atoms with Gasteiger partial charge in [0.2, 0.25) is 0 Å². The predicted octanol–water partition coefficient (Wildman–Crippen LogP) is 3.53. The minimum Gasteiger partial charge on any atom is -0.393 e. The van der Waals surface area contributed by atoms with E-state index in [-0.39, 0.29) is 11.7 Å². The first-order valence-electron chi connectivity index (χ1n) is 6.66. The summed E-state index contributed by atoms with van der Waals surface area (Å²) in [5.74, 6) is 0.552. The van der Waals surface area contributed by atoms with Gasteiger partial charge in [0.05, 0.1) is 11.7 Å². The molecule has 0 amide bonds. The lowest BCUT2D eigenvalue weighted by Crippen LogP contribution is -2.29. The molecule has 0 saturated heterocycles. The van der Waals surface area contributed by atoms with Crippen LogP contribution in [-0.4, -0.2) is 23.9 Å². The summed E-state index contributed by atoms with van der Waals surface area (Å²) in [5.41, 5.74) is 2.25. The fraction of sp³-hybridized carbons (Fsp3) is 0.625. The molecule has 2 nitrogen and oxygen atoms in total. The quantitative estimate of drug-likeness (QED) is 0.837. The van der Waals surface area contributed by atoms with Crippen molar-refractivity contribution in [3.05, 3.63) is 35.4 Å². The molecule has 2 heteroatoms. The molecular formula is C16H26O2. The Balaban J connectivity index is 2.57. The standard InChI is InChI=1S/C16H26O2/c1-12(2)14-8-6-13(7-9-14)10-15(17)11-16(3,4)18-5/h6-9,12,15,17H,10-11H2,1-5H3. The molecule has 0 radical (unpaired) electrons. The smallest absolute Gasteiger partial charge is 0.0647 e. The normalized spacial score (nSPS) is 13.9. The number of methoxy groups -OCH3 is 1. The van der Waals surface area contributed by atoms with Crippen LogP contribution < -0.4 is 0 Å². The summed E-state index contributed by atoms with van der Waals surface area (Å²) in [6.45, 7) is 8.37. The van der Waals surface area contributed by atoms with Crippen LogP contribution >= 0.6 is 0 Å². The van der Waals surface area contributed by atoms with Gasteiger partial charge in [-0.1, -0.05) is 38.1 Å². The molecule has 1 aromatic rings. The van der Waals surface area contributed by atoms with Gasteiger partial charge >= 0.3 is 0 Å². The molecule has 0 aromatic heterocycles. The van der Waals surface area contributed by atoms with Gasteiger partial charge in [0.25, 0.3) is 0 Å². The molecular weight excluding hydrogens is 224 g/mol. The predicted molar refractivity (Wildman–Crippen MR) is 75.9 cm³/mol. The van der Waals surface area contributed by atoms with Crippen LogP contribution in [0, 0.1) is 0 Å². The van der Waals surface area contributed by atoms with Crippen molar-refractivity contribution in [2.24, 2.45) is 0 Å². The first-order valence-corrected chi connectivity index (χ1v) is 6.66. The van der Waals surface area contributed by atoms with Gasteiger partial charge in [-0.3, -0.25) is 0 Å². The summed E-state index contributed by atoms with van der Waals surface area (Å²) in [5, 5.41) is 10.1. The monoisotopic (exact) mass is 250 g/mol. The molecule has 1 atom stereocenters. The zero-order valence-corrected chi connectivity index (χ0v) is 12.2. The Morgan fingerprint density at radius 3 is 2.17 bits per heavy atom. The summed E-state index contributed by atoms with van der Waals surface area (Å²) >= 11 is 0. The number of hydrogen-bond acceptors (Lipinski definition) is 2. The summed E-state index contributed by atoms with van der Waals surface area (Å²) in [6.07, 6.45) is 0.977. The van der Waals surface area contributed by atoms with Crippen LogP contribution in [0.3, 0.4) is 0 Å². The lowest BCUT2D eigenvalue weighted by Gasteiger charge is -2.25. The molecule has 0 bridgehead atoms. The van der Waals surface area contributed by atoms with Gasteiger partial charge in [-0.2, -0.15) is 0 Å². The molecule has 102 valence electrons. The van der Waals surface area contributed by atoms with Crippen LogP contribution in [0.25, 0.3) is 0 Å². The van der Waals surface area contributed by atoms with E-state index < -0.39 is 0 Å². The van der Waals surface area contributed by atoms with Crippen molar-refractivity contribution < 1.29 is 9.84 Å². The van der Waals surface area contributed by atoms with Crippen LogP contribution in [-0.2, 0) is 11.2 Å². The van der Waals surface area contributed by atoms with Crippen LogP contribution in [0.15, 0.2) is 24.3 Å². The fourth-order valence-electron chi connectivity index (χ4n) is 2.03. The summed E-state index contributed by atoms with van der Waals surface area (Å²) < 4.78 is 5.34. The molecule has 0 aliphatic carbocycles. The first-order chi connectivity index (χ1) is 8.34. The molecule has 0 heterocycles. The second-order valence-corrected chi connectivity index (χ2v) is 5.92. The lowest BCUT2D eigenvalue weighted by atomic mass is 9.95. The number of aliphatic hydroxyl groups is 1.